The van der Waals surface area contributed by atoms with E-state index in [0.717, 1.165) is 33.4 Å². The van der Waals surface area contributed by atoms with Crippen molar-refractivity contribution in [1.29, 1.82) is 0 Å². The fourth-order valence-corrected chi connectivity index (χ4v) is 5.26. The number of carbonyl (C=O) groups is 2. The van der Waals surface area contributed by atoms with Gasteiger partial charge in [-0.1, -0.05) is 104 Å². The molecule has 0 aliphatic carbocycles. The average Bonchev–Trinajstić information content (AvgIpc) is 3.27. The van der Waals surface area contributed by atoms with E-state index in [9.17, 15) is 9.59 Å². The predicted octanol–water partition coefficient (Wildman–Crippen LogP) is 8.47. The van der Waals surface area contributed by atoms with Crippen LogP contribution in [0.25, 0.3) is 0 Å². The van der Waals surface area contributed by atoms with E-state index in [1.807, 2.05) is 79.7 Å². The van der Waals surface area contributed by atoms with Crippen LogP contribution in [0.5, 0.6) is 11.5 Å². The van der Waals surface area contributed by atoms with Gasteiger partial charge in [-0.3, -0.25) is 9.59 Å². The van der Waals surface area contributed by atoms with Crippen molar-refractivity contribution in [2.45, 2.75) is 45.3 Å². The van der Waals surface area contributed by atoms with Crippen LogP contribution in [0.2, 0.25) is 0 Å². The summed E-state index contributed by atoms with van der Waals surface area (Å²) >= 11 is 0. The van der Waals surface area contributed by atoms with E-state index in [1.54, 1.807) is 31.2 Å². The van der Waals surface area contributed by atoms with Crippen molar-refractivity contribution in [2.75, 3.05) is 26.4 Å². The van der Waals surface area contributed by atoms with Crippen molar-refractivity contribution in [3.63, 3.8) is 0 Å². The second-order valence-electron chi connectivity index (χ2n) is 13.4. The summed E-state index contributed by atoms with van der Waals surface area (Å²) in [7, 11) is 0. The molecule has 0 heterocycles. The molecule has 0 amide bonds. The van der Waals surface area contributed by atoms with Crippen LogP contribution in [0, 0.1) is 54.3 Å². The summed E-state index contributed by atoms with van der Waals surface area (Å²) < 4.78 is 34.5. The summed E-state index contributed by atoms with van der Waals surface area (Å²) in [5.74, 6) is 22.6. The van der Waals surface area contributed by atoms with Gasteiger partial charge in [-0.15, -0.1) is 0 Å². The smallest absolute Gasteiger partial charge is 0.310 e. The molecule has 61 heavy (non-hydrogen) atoms. The standard InChI is InChI=1S/C53H48O8/c1-7-10-11-12-13-14-15-16-43-27-31-49(32-28-43)59-39-51(37-57-42(6)9-3)61-53(55)35-47-25-21-45(22-26-47)33-44-19-23-46(24-20-44)34-52(54)60-50(36-56-41(5)8-2)38-58-48-29-17-40(4)18-30-48/h8-9,17-32,50-51H,2-3,5-6,33-39H2,1,4H3. The van der Waals surface area contributed by atoms with Crippen LogP contribution in [0.1, 0.15) is 40.3 Å². The van der Waals surface area contributed by atoms with Gasteiger partial charge in [-0.25, -0.2) is 0 Å². The highest BCUT2D eigenvalue weighted by Crippen LogP contribution is 2.17. The molecule has 0 spiro atoms. The Morgan fingerprint density at radius 2 is 0.967 bits per heavy atom. The fraction of sp³-hybridized carbons (Fsp3) is 0.208. The average molecular weight is 813 g/mol. The molecule has 4 aromatic rings. The third-order valence-corrected chi connectivity index (χ3v) is 8.50. The van der Waals surface area contributed by atoms with Crippen LogP contribution in [0.4, 0.5) is 0 Å². The minimum Gasteiger partial charge on any atom is -0.490 e. The van der Waals surface area contributed by atoms with E-state index in [1.165, 1.54) is 12.2 Å². The highest BCUT2D eigenvalue weighted by atomic mass is 16.6. The first-order valence-corrected chi connectivity index (χ1v) is 19.4. The first-order chi connectivity index (χ1) is 29.6. The lowest BCUT2D eigenvalue weighted by Gasteiger charge is -2.19. The molecule has 4 rings (SSSR count). The highest BCUT2D eigenvalue weighted by Gasteiger charge is 2.19. The third-order valence-electron chi connectivity index (χ3n) is 8.50. The molecule has 8 nitrogen and oxygen atoms in total. The van der Waals surface area contributed by atoms with Crippen LogP contribution >= 0.6 is 0 Å². The van der Waals surface area contributed by atoms with Gasteiger partial charge in [-0.05, 0) is 127 Å². The maximum atomic E-state index is 13.0. The maximum absolute atomic E-state index is 13.0. The monoisotopic (exact) mass is 812 g/mol. The van der Waals surface area contributed by atoms with E-state index in [0.29, 0.717) is 29.4 Å². The first-order valence-electron chi connectivity index (χ1n) is 19.4. The molecule has 308 valence electrons. The topological polar surface area (TPSA) is 89.5 Å². The van der Waals surface area contributed by atoms with Gasteiger partial charge in [0, 0.05) is 5.56 Å². The van der Waals surface area contributed by atoms with Gasteiger partial charge in [0.25, 0.3) is 0 Å². The van der Waals surface area contributed by atoms with Gasteiger partial charge < -0.3 is 28.4 Å². The van der Waals surface area contributed by atoms with E-state index in [4.69, 9.17) is 28.4 Å². The lowest BCUT2D eigenvalue weighted by molar-refractivity contribution is -0.153. The molecule has 0 aromatic heterocycles. The third kappa shape index (κ3) is 18.1. The Morgan fingerprint density at radius 3 is 1.41 bits per heavy atom. The van der Waals surface area contributed by atoms with Crippen LogP contribution in [-0.4, -0.2) is 50.6 Å². The minimum absolute atomic E-state index is 0.0377. The summed E-state index contributed by atoms with van der Waals surface area (Å²) in [5.41, 5.74) is 5.59. The van der Waals surface area contributed by atoms with Crippen molar-refractivity contribution in [3.05, 3.63) is 180 Å². The molecule has 0 aliphatic heterocycles. The number of benzene rings is 4. The SMILES string of the molecule is C=CC(=C)OCC(COc1ccc(C)cc1)OC(=O)Cc1ccc(Cc2ccc(CC(=O)OC(COC(=C)C=C)COc3ccc(C#CC#CC#CC#CC)cc3)cc2)cc1. The molecule has 4 aromatic carbocycles. The first kappa shape index (κ1) is 45.9. The second kappa shape index (κ2) is 25.6. The molecule has 0 aliphatic rings. The lowest BCUT2D eigenvalue weighted by Crippen LogP contribution is -2.30. The molecule has 0 saturated carbocycles. The molecular formula is C53H48O8. The second-order valence-corrected chi connectivity index (χ2v) is 13.4. The summed E-state index contributed by atoms with van der Waals surface area (Å²) in [6.07, 6.45) is 2.42. The van der Waals surface area contributed by atoms with Crippen molar-refractivity contribution in [1.82, 2.24) is 0 Å². The molecule has 8 heteroatoms. The number of hydrogen-bond donors (Lipinski definition) is 0. The number of rotatable bonds is 22. The number of esters is 2. The maximum Gasteiger partial charge on any atom is 0.310 e. The predicted molar refractivity (Wildman–Crippen MR) is 238 cm³/mol. The van der Waals surface area contributed by atoms with Crippen LogP contribution in [0.15, 0.2) is 147 Å². The van der Waals surface area contributed by atoms with Gasteiger partial charge in [-0.2, -0.15) is 0 Å². The Bertz CT molecular complexity index is 2380. The number of ether oxygens (including phenoxy) is 6. The number of allylic oxidation sites excluding steroid dienone is 2. The van der Waals surface area contributed by atoms with Gasteiger partial charge >= 0.3 is 11.9 Å². The Balaban J connectivity index is 1.26. The molecular weight excluding hydrogens is 765 g/mol. The molecule has 0 N–H and O–H groups in total. The normalized spacial score (nSPS) is 10.7. The van der Waals surface area contributed by atoms with Crippen molar-refractivity contribution in [2.24, 2.45) is 0 Å². The molecule has 0 fully saturated rings. The highest BCUT2D eigenvalue weighted by molar-refractivity contribution is 5.73. The van der Waals surface area contributed by atoms with E-state index >= 15 is 0 Å². The Morgan fingerprint density at radius 1 is 0.557 bits per heavy atom. The number of carbonyl (C=O) groups excluding carboxylic acids is 2. The van der Waals surface area contributed by atoms with E-state index in [2.05, 4.69) is 73.7 Å². The quantitative estimate of drug-likeness (QED) is 0.0338. The minimum atomic E-state index is -0.710. The van der Waals surface area contributed by atoms with Crippen molar-refractivity contribution >= 4 is 11.9 Å². The molecule has 0 bridgehead atoms. The van der Waals surface area contributed by atoms with E-state index in [-0.39, 0.29) is 39.3 Å². The Labute approximate surface area is 359 Å². The number of hydrogen-bond acceptors (Lipinski definition) is 8. The lowest BCUT2D eigenvalue weighted by atomic mass is 10.0. The zero-order valence-electron chi connectivity index (χ0n) is 34.6. The van der Waals surface area contributed by atoms with Gasteiger partial charge in [0.1, 0.15) is 49.4 Å². The van der Waals surface area contributed by atoms with Crippen LogP contribution in [-0.2, 0) is 47.8 Å². The van der Waals surface area contributed by atoms with Crippen molar-refractivity contribution < 1.29 is 38.0 Å². The van der Waals surface area contributed by atoms with E-state index < -0.39 is 24.1 Å². The molecule has 0 radical (unpaired) electrons. The Kier molecular flexibility index (Phi) is 19.2. The number of aryl methyl sites for hydroxylation is 1. The summed E-state index contributed by atoms with van der Waals surface area (Å²) in [5, 5.41) is 0. The van der Waals surface area contributed by atoms with Gasteiger partial charge in [0.2, 0.25) is 0 Å². The van der Waals surface area contributed by atoms with Crippen LogP contribution < -0.4 is 9.47 Å². The summed E-state index contributed by atoms with van der Waals surface area (Å²) in [6, 6.07) is 30.3. The molecule has 2 atom stereocenters. The van der Waals surface area contributed by atoms with Crippen molar-refractivity contribution in [3.8, 4) is 58.9 Å². The van der Waals surface area contributed by atoms with Crippen LogP contribution in [0.3, 0.4) is 0 Å². The van der Waals surface area contributed by atoms with Gasteiger partial charge in [0.15, 0.2) is 12.2 Å². The Hall–Kier alpha value is -7.78. The largest absolute Gasteiger partial charge is 0.490 e. The molecule has 2 unspecified atom stereocenters. The molecule has 0 saturated heterocycles. The summed E-state index contributed by atoms with van der Waals surface area (Å²) in [4.78, 5) is 26.0. The fourth-order valence-electron chi connectivity index (χ4n) is 5.26. The zero-order chi connectivity index (χ0) is 43.7. The summed E-state index contributed by atoms with van der Waals surface area (Å²) in [6.45, 7) is 18.8. The van der Waals surface area contributed by atoms with Gasteiger partial charge in [0.05, 0.1) is 12.8 Å². The zero-order valence-corrected chi connectivity index (χ0v) is 34.6.